The molecule has 2 fully saturated rings. The van der Waals surface area contributed by atoms with Gasteiger partial charge in [-0.15, -0.1) is 0 Å². The molecule has 2 aliphatic rings. The van der Waals surface area contributed by atoms with Crippen LogP contribution in [0.25, 0.3) is 16.5 Å². The van der Waals surface area contributed by atoms with Gasteiger partial charge in [-0.2, -0.15) is 0 Å². The molecule has 0 unspecified atom stereocenters. The quantitative estimate of drug-likeness (QED) is 0.421. The molecule has 2 aliphatic heterocycles. The summed E-state index contributed by atoms with van der Waals surface area (Å²) in [5.41, 5.74) is 3.32. The third-order valence-corrected chi connectivity index (χ3v) is 7.07. The molecule has 3 atom stereocenters. The van der Waals surface area contributed by atoms with Crippen LogP contribution in [0.1, 0.15) is 36.3 Å². The van der Waals surface area contributed by atoms with Crippen LogP contribution in [0.3, 0.4) is 0 Å². The first-order chi connectivity index (χ1) is 16.3. The van der Waals surface area contributed by atoms with Crippen LogP contribution in [0.4, 0.5) is 0 Å². The van der Waals surface area contributed by atoms with Gasteiger partial charge in [0, 0.05) is 36.9 Å². The molecule has 5 nitrogen and oxygen atoms in total. The fourth-order valence-corrected chi connectivity index (χ4v) is 5.44. The van der Waals surface area contributed by atoms with Crippen molar-refractivity contribution in [3.05, 3.63) is 96.6 Å². The second kappa shape index (κ2) is 8.61. The summed E-state index contributed by atoms with van der Waals surface area (Å²) < 4.78 is 8.26. The fourth-order valence-electron chi connectivity index (χ4n) is 5.13. The van der Waals surface area contributed by atoms with Gasteiger partial charge in [-0.25, -0.2) is 0 Å². The van der Waals surface area contributed by atoms with E-state index in [1.165, 1.54) is 16.5 Å². The molecule has 166 valence electrons. The van der Waals surface area contributed by atoms with Crippen LogP contribution in [0.5, 0.6) is 0 Å². The third-order valence-electron chi connectivity index (χ3n) is 6.72. The summed E-state index contributed by atoms with van der Waals surface area (Å²) in [6.07, 6.45) is 6.38. The second-order valence-electron chi connectivity index (χ2n) is 8.75. The summed E-state index contributed by atoms with van der Waals surface area (Å²) in [4.78, 5) is 6.98. The van der Waals surface area contributed by atoms with Crippen LogP contribution >= 0.6 is 12.2 Å². The summed E-state index contributed by atoms with van der Waals surface area (Å²) >= 11 is 5.85. The van der Waals surface area contributed by atoms with Crippen LogP contribution in [-0.4, -0.2) is 38.8 Å². The number of hydrogen-bond acceptors (Lipinski definition) is 3. The Hall–Kier alpha value is -3.22. The summed E-state index contributed by atoms with van der Waals surface area (Å²) in [7, 11) is 0. The zero-order chi connectivity index (χ0) is 22.2. The van der Waals surface area contributed by atoms with Gasteiger partial charge in [-0.3, -0.25) is 4.98 Å². The number of fused-ring (bicyclic) bond motifs is 1. The van der Waals surface area contributed by atoms with E-state index < -0.39 is 0 Å². The van der Waals surface area contributed by atoms with Crippen LogP contribution in [0.15, 0.2) is 85.2 Å². The van der Waals surface area contributed by atoms with Gasteiger partial charge >= 0.3 is 0 Å². The van der Waals surface area contributed by atoms with Gasteiger partial charge in [-0.1, -0.05) is 36.4 Å². The Morgan fingerprint density at radius 3 is 2.70 bits per heavy atom. The van der Waals surface area contributed by atoms with Crippen LogP contribution in [-0.2, 0) is 4.74 Å². The molecular formula is C27H26N4OS. The Morgan fingerprint density at radius 1 is 1.00 bits per heavy atom. The number of hydrogen-bond donors (Lipinski definition) is 1. The van der Waals surface area contributed by atoms with Crippen molar-refractivity contribution in [2.75, 3.05) is 13.2 Å². The standard InChI is InChI=1S/C27H26N4OS/c33-27-29-25(23-10-3-4-14-28-23)26(31(27)18-22-9-6-16-32-22)24-11-5-15-30(24)21-13-12-19-7-1-2-8-20(19)17-21/h1-5,7-8,10-15,17,22,25-26H,6,9,16,18H2,(H,29,33)/t22-,25-,26-/m0/s1. The van der Waals surface area contributed by atoms with Gasteiger partial charge in [0.1, 0.15) is 0 Å². The number of nitrogens with zero attached hydrogens (tertiary/aromatic N) is 3. The largest absolute Gasteiger partial charge is 0.376 e. The molecule has 2 aromatic heterocycles. The van der Waals surface area contributed by atoms with E-state index in [4.69, 9.17) is 17.0 Å². The Bertz CT molecular complexity index is 1280. The number of ether oxygens (including phenoxy) is 1. The fraction of sp³-hybridized carbons (Fsp3) is 0.259. The molecule has 0 radical (unpaired) electrons. The van der Waals surface area contributed by atoms with E-state index in [-0.39, 0.29) is 18.2 Å². The molecule has 0 spiro atoms. The molecule has 0 amide bonds. The van der Waals surface area contributed by atoms with Crippen molar-refractivity contribution in [1.29, 1.82) is 0 Å². The molecule has 1 N–H and O–H groups in total. The predicted molar refractivity (Wildman–Crippen MR) is 134 cm³/mol. The van der Waals surface area contributed by atoms with E-state index in [0.717, 1.165) is 42.5 Å². The van der Waals surface area contributed by atoms with E-state index in [2.05, 4.69) is 86.6 Å². The Morgan fingerprint density at radius 2 is 1.88 bits per heavy atom. The van der Waals surface area contributed by atoms with Crippen molar-refractivity contribution in [3.63, 3.8) is 0 Å². The van der Waals surface area contributed by atoms with Crippen molar-refractivity contribution >= 4 is 28.1 Å². The molecule has 6 rings (SSSR count). The van der Waals surface area contributed by atoms with Crippen molar-refractivity contribution in [2.24, 2.45) is 0 Å². The Balaban J connectivity index is 1.44. The highest BCUT2D eigenvalue weighted by Gasteiger charge is 2.42. The zero-order valence-corrected chi connectivity index (χ0v) is 19.1. The van der Waals surface area contributed by atoms with Crippen molar-refractivity contribution in [3.8, 4) is 5.69 Å². The summed E-state index contributed by atoms with van der Waals surface area (Å²) in [5.74, 6) is 0. The summed E-state index contributed by atoms with van der Waals surface area (Å²) in [5, 5.41) is 6.80. The lowest BCUT2D eigenvalue weighted by atomic mass is 10.0. The molecule has 4 heterocycles. The van der Waals surface area contributed by atoms with E-state index in [1.54, 1.807) is 0 Å². The average Bonchev–Trinajstić information content (AvgIpc) is 3.61. The minimum absolute atomic E-state index is 0.0121. The maximum Gasteiger partial charge on any atom is 0.170 e. The molecule has 0 aliphatic carbocycles. The molecule has 33 heavy (non-hydrogen) atoms. The maximum absolute atomic E-state index is 5.98. The lowest BCUT2D eigenvalue weighted by Crippen LogP contribution is -2.36. The molecule has 2 aromatic carbocycles. The lowest BCUT2D eigenvalue weighted by Gasteiger charge is -2.30. The van der Waals surface area contributed by atoms with Crippen LogP contribution in [0.2, 0.25) is 0 Å². The second-order valence-corrected chi connectivity index (χ2v) is 9.14. The molecular weight excluding hydrogens is 428 g/mol. The Labute approximate surface area is 199 Å². The number of thiocarbonyl (C=S) groups is 1. The van der Waals surface area contributed by atoms with E-state index in [0.29, 0.717) is 0 Å². The van der Waals surface area contributed by atoms with Gasteiger partial charge in [0.15, 0.2) is 5.11 Å². The highest BCUT2D eigenvalue weighted by atomic mass is 32.1. The third kappa shape index (κ3) is 3.79. The maximum atomic E-state index is 5.98. The minimum Gasteiger partial charge on any atom is -0.376 e. The summed E-state index contributed by atoms with van der Waals surface area (Å²) in [6.45, 7) is 1.61. The van der Waals surface area contributed by atoms with Crippen molar-refractivity contribution in [2.45, 2.75) is 31.0 Å². The number of nitrogens with one attached hydrogen (secondary N) is 1. The smallest absolute Gasteiger partial charge is 0.170 e. The first kappa shape index (κ1) is 20.4. The number of pyridine rings is 1. The average molecular weight is 455 g/mol. The molecule has 4 aromatic rings. The summed E-state index contributed by atoms with van der Waals surface area (Å²) in [6, 6.07) is 25.5. The Kier molecular flexibility index (Phi) is 5.32. The first-order valence-electron chi connectivity index (χ1n) is 11.5. The topological polar surface area (TPSA) is 42.3 Å². The first-order valence-corrected chi connectivity index (χ1v) is 11.9. The molecule has 6 heteroatoms. The molecule has 0 bridgehead atoms. The van der Waals surface area contributed by atoms with Crippen LogP contribution < -0.4 is 5.32 Å². The van der Waals surface area contributed by atoms with Gasteiger partial charge in [0.25, 0.3) is 0 Å². The van der Waals surface area contributed by atoms with Gasteiger partial charge < -0.3 is 19.5 Å². The van der Waals surface area contributed by atoms with E-state index in [1.807, 2.05) is 18.3 Å². The van der Waals surface area contributed by atoms with Gasteiger partial charge in [0.2, 0.25) is 0 Å². The molecule has 2 saturated heterocycles. The van der Waals surface area contributed by atoms with E-state index >= 15 is 0 Å². The monoisotopic (exact) mass is 454 g/mol. The van der Waals surface area contributed by atoms with Crippen LogP contribution in [0, 0.1) is 0 Å². The lowest BCUT2D eigenvalue weighted by molar-refractivity contribution is 0.0836. The number of aromatic nitrogens is 2. The minimum atomic E-state index is -0.0331. The van der Waals surface area contributed by atoms with E-state index in [9.17, 15) is 0 Å². The normalized spacial score (nSPS) is 22.7. The number of benzene rings is 2. The highest BCUT2D eigenvalue weighted by Crippen LogP contribution is 2.40. The SMILES string of the molecule is S=C1N[C@@H](c2ccccn2)[C@H](c2cccn2-c2ccc3ccccc3c2)N1C[C@@H]1CCCO1. The van der Waals surface area contributed by atoms with Crippen molar-refractivity contribution < 1.29 is 4.74 Å². The number of rotatable bonds is 5. The highest BCUT2D eigenvalue weighted by molar-refractivity contribution is 7.80. The van der Waals surface area contributed by atoms with Crippen molar-refractivity contribution in [1.82, 2.24) is 19.8 Å². The van der Waals surface area contributed by atoms with Gasteiger partial charge in [-0.05, 0) is 72.2 Å². The predicted octanol–water partition coefficient (Wildman–Crippen LogP) is 5.18. The molecule has 0 saturated carbocycles. The van der Waals surface area contributed by atoms with Gasteiger partial charge in [0.05, 0.1) is 23.9 Å². The zero-order valence-electron chi connectivity index (χ0n) is 18.3.